The van der Waals surface area contributed by atoms with Crippen LogP contribution < -0.4 is 5.32 Å². The van der Waals surface area contributed by atoms with Gasteiger partial charge < -0.3 is 5.32 Å². The van der Waals surface area contributed by atoms with Crippen LogP contribution in [-0.4, -0.2) is 21.2 Å². The quantitative estimate of drug-likeness (QED) is 0.846. The molecule has 3 rings (SSSR count). The number of hydrogen-bond acceptors (Lipinski definition) is 3. The Balaban J connectivity index is 1.69. The number of nitrogens with zero attached hydrogens (tertiary/aromatic N) is 2. The topological polar surface area (TPSA) is 53.6 Å². The molecule has 100 valence electrons. The van der Waals surface area contributed by atoms with Gasteiger partial charge in [0.05, 0.1) is 6.04 Å². The Labute approximate surface area is 109 Å². The fraction of sp³-hybridized carbons (Fsp3) is 0.857. The molecule has 18 heavy (non-hydrogen) atoms. The lowest BCUT2D eigenvalue weighted by molar-refractivity contribution is 0.173. The summed E-state index contributed by atoms with van der Waals surface area (Å²) in [5, 5.41) is 11.2. The lowest BCUT2D eigenvalue weighted by atomic mass is 9.77. The lowest BCUT2D eigenvalue weighted by Gasteiger charge is -2.39. The van der Waals surface area contributed by atoms with Gasteiger partial charge in [0.15, 0.2) is 5.82 Å². The van der Waals surface area contributed by atoms with Crippen LogP contribution in [0.1, 0.15) is 76.0 Å². The van der Waals surface area contributed by atoms with E-state index in [0.717, 1.165) is 17.6 Å². The third-order valence-corrected chi connectivity index (χ3v) is 4.52. The van der Waals surface area contributed by atoms with Gasteiger partial charge in [-0.05, 0) is 31.6 Å². The van der Waals surface area contributed by atoms with E-state index >= 15 is 0 Å². The van der Waals surface area contributed by atoms with Gasteiger partial charge in [-0.15, -0.1) is 0 Å². The predicted molar refractivity (Wildman–Crippen MR) is 71.3 cm³/mol. The van der Waals surface area contributed by atoms with Gasteiger partial charge in [0.2, 0.25) is 0 Å². The van der Waals surface area contributed by atoms with Crippen LogP contribution in [0.4, 0.5) is 0 Å². The smallest absolute Gasteiger partial charge is 0.153 e. The van der Waals surface area contributed by atoms with Crippen molar-refractivity contribution in [1.82, 2.24) is 20.5 Å². The summed E-state index contributed by atoms with van der Waals surface area (Å²) in [6.45, 7) is 4.27. The second-order valence-corrected chi connectivity index (χ2v) is 6.18. The summed E-state index contributed by atoms with van der Waals surface area (Å²) in [7, 11) is 0. The standard InChI is InChI=1S/C14H24N4/c1-9(2)13-16-14(18-17-13)12-8-7-10-5-3-4-6-11(10)15-12/h9-12,15H,3-8H2,1-2H3,(H,16,17,18). The van der Waals surface area contributed by atoms with Gasteiger partial charge in [0.1, 0.15) is 5.82 Å². The molecule has 3 unspecified atom stereocenters. The van der Waals surface area contributed by atoms with Crippen LogP contribution in [-0.2, 0) is 0 Å². The van der Waals surface area contributed by atoms with Crippen LogP contribution in [0, 0.1) is 5.92 Å². The van der Waals surface area contributed by atoms with E-state index in [-0.39, 0.29) is 0 Å². The molecule has 1 aromatic heterocycles. The second kappa shape index (κ2) is 5.00. The zero-order valence-corrected chi connectivity index (χ0v) is 11.4. The van der Waals surface area contributed by atoms with E-state index in [1.54, 1.807) is 0 Å². The van der Waals surface area contributed by atoms with Crippen molar-refractivity contribution in [1.29, 1.82) is 0 Å². The number of aromatic amines is 1. The van der Waals surface area contributed by atoms with Crippen LogP contribution in [0.5, 0.6) is 0 Å². The number of rotatable bonds is 2. The molecule has 0 radical (unpaired) electrons. The molecule has 4 nitrogen and oxygen atoms in total. The highest BCUT2D eigenvalue weighted by Crippen LogP contribution is 2.35. The van der Waals surface area contributed by atoms with Crippen LogP contribution in [0.2, 0.25) is 0 Å². The Morgan fingerprint density at radius 2 is 1.94 bits per heavy atom. The van der Waals surface area contributed by atoms with Crippen molar-refractivity contribution < 1.29 is 0 Å². The Morgan fingerprint density at radius 1 is 1.11 bits per heavy atom. The largest absolute Gasteiger partial charge is 0.304 e. The SMILES string of the molecule is CC(C)c1n[nH]c(C2CCC3CCCCC3N2)n1. The molecule has 0 bridgehead atoms. The molecular formula is C14H24N4. The van der Waals surface area contributed by atoms with Crippen molar-refractivity contribution in [3.05, 3.63) is 11.6 Å². The highest BCUT2D eigenvalue weighted by molar-refractivity contribution is 5.03. The monoisotopic (exact) mass is 248 g/mol. The molecule has 2 fully saturated rings. The lowest BCUT2D eigenvalue weighted by Crippen LogP contribution is -2.45. The Hall–Kier alpha value is -0.900. The summed E-state index contributed by atoms with van der Waals surface area (Å²) in [6, 6.07) is 1.11. The molecule has 3 atom stereocenters. The minimum absolute atomic E-state index is 0.393. The Kier molecular flexibility index (Phi) is 3.37. The number of fused-ring (bicyclic) bond motifs is 1. The van der Waals surface area contributed by atoms with Gasteiger partial charge in [0, 0.05) is 12.0 Å². The fourth-order valence-electron chi connectivity index (χ4n) is 3.41. The number of piperidine rings is 1. The van der Waals surface area contributed by atoms with E-state index < -0.39 is 0 Å². The highest BCUT2D eigenvalue weighted by Gasteiger charge is 2.33. The number of hydrogen-bond donors (Lipinski definition) is 2. The summed E-state index contributed by atoms with van der Waals surface area (Å²) in [5.74, 6) is 3.30. The summed E-state index contributed by atoms with van der Waals surface area (Å²) in [5.41, 5.74) is 0. The third kappa shape index (κ3) is 2.30. The zero-order chi connectivity index (χ0) is 12.5. The van der Waals surface area contributed by atoms with E-state index in [2.05, 4.69) is 34.3 Å². The first-order valence-corrected chi connectivity index (χ1v) is 7.42. The minimum atomic E-state index is 0.393. The maximum atomic E-state index is 4.64. The summed E-state index contributed by atoms with van der Waals surface area (Å²) in [6.07, 6.45) is 8.11. The number of H-pyrrole nitrogens is 1. The van der Waals surface area contributed by atoms with Crippen molar-refractivity contribution >= 4 is 0 Å². The van der Waals surface area contributed by atoms with E-state index in [4.69, 9.17) is 0 Å². The molecule has 0 spiro atoms. The van der Waals surface area contributed by atoms with Gasteiger partial charge in [-0.2, -0.15) is 5.10 Å². The average Bonchev–Trinajstić information content (AvgIpc) is 2.88. The zero-order valence-electron chi connectivity index (χ0n) is 11.4. The summed E-state index contributed by atoms with van der Waals surface area (Å²) in [4.78, 5) is 4.64. The Bertz CT molecular complexity index is 398. The van der Waals surface area contributed by atoms with E-state index in [0.29, 0.717) is 18.0 Å². The minimum Gasteiger partial charge on any atom is -0.304 e. The Morgan fingerprint density at radius 3 is 2.72 bits per heavy atom. The van der Waals surface area contributed by atoms with Crippen molar-refractivity contribution in [2.45, 2.75) is 70.4 Å². The van der Waals surface area contributed by atoms with Crippen molar-refractivity contribution in [2.24, 2.45) is 5.92 Å². The van der Waals surface area contributed by atoms with Gasteiger partial charge in [-0.3, -0.25) is 5.10 Å². The number of nitrogens with one attached hydrogen (secondary N) is 2. The molecule has 1 saturated carbocycles. The van der Waals surface area contributed by atoms with E-state index in [9.17, 15) is 0 Å². The van der Waals surface area contributed by atoms with Gasteiger partial charge in [-0.25, -0.2) is 4.98 Å². The molecule has 1 aliphatic carbocycles. The van der Waals surface area contributed by atoms with Crippen LogP contribution >= 0.6 is 0 Å². The van der Waals surface area contributed by atoms with Gasteiger partial charge >= 0.3 is 0 Å². The molecule has 1 aromatic rings. The van der Waals surface area contributed by atoms with E-state index in [1.807, 2.05) is 0 Å². The van der Waals surface area contributed by atoms with E-state index in [1.165, 1.54) is 38.5 Å². The molecule has 0 aromatic carbocycles. The normalized spacial score (nSPS) is 32.5. The third-order valence-electron chi connectivity index (χ3n) is 4.52. The second-order valence-electron chi connectivity index (χ2n) is 6.18. The van der Waals surface area contributed by atoms with Crippen LogP contribution in [0.15, 0.2) is 0 Å². The molecule has 2 aliphatic rings. The predicted octanol–water partition coefficient (Wildman–Crippen LogP) is 2.91. The first kappa shape index (κ1) is 12.2. The van der Waals surface area contributed by atoms with Crippen LogP contribution in [0.25, 0.3) is 0 Å². The number of aromatic nitrogens is 3. The summed E-state index contributed by atoms with van der Waals surface area (Å²) < 4.78 is 0. The van der Waals surface area contributed by atoms with Crippen molar-refractivity contribution in [3.8, 4) is 0 Å². The van der Waals surface area contributed by atoms with Crippen LogP contribution in [0.3, 0.4) is 0 Å². The molecule has 1 aliphatic heterocycles. The maximum absolute atomic E-state index is 4.64. The fourth-order valence-corrected chi connectivity index (χ4v) is 3.41. The first-order chi connectivity index (χ1) is 8.74. The molecule has 0 amide bonds. The molecule has 1 saturated heterocycles. The van der Waals surface area contributed by atoms with Crippen molar-refractivity contribution in [2.75, 3.05) is 0 Å². The van der Waals surface area contributed by atoms with Gasteiger partial charge in [0.25, 0.3) is 0 Å². The molecule has 4 heteroatoms. The first-order valence-electron chi connectivity index (χ1n) is 7.42. The molecule has 2 N–H and O–H groups in total. The molecular weight excluding hydrogens is 224 g/mol. The van der Waals surface area contributed by atoms with Crippen molar-refractivity contribution in [3.63, 3.8) is 0 Å². The van der Waals surface area contributed by atoms with Gasteiger partial charge in [-0.1, -0.05) is 26.7 Å². The highest BCUT2D eigenvalue weighted by atomic mass is 15.2. The maximum Gasteiger partial charge on any atom is 0.153 e. The summed E-state index contributed by atoms with van der Waals surface area (Å²) >= 11 is 0. The average molecular weight is 248 g/mol. The molecule has 2 heterocycles.